The number of ether oxygens (including phenoxy) is 3. The van der Waals surface area contributed by atoms with E-state index < -0.39 is 17.5 Å². The molecule has 4 fully saturated rings. The van der Waals surface area contributed by atoms with Gasteiger partial charge in [0.05, 0.1) is 36.6 Å². The average molecular weight is 772 g/mol. The number of anilines is 1. The maximum Gasteiger partial charge on any atom is 0.318 e. The smallest absolute Gasteiger partial charge is 0.318 e. The van der Waals surface area contributed by atoms with Crippen molar-refractivity contribution in [2.45, 2.75) is 128 Å². The van der Waals surface area contributed by atoms with Crippen LogP contribution in [0.3, 0.4) is 0 Å². The van der Waals surface area contributed by atoms with Crippen LogP contribution in [0.25, 0.3) is 10.8 Å². The third kappa shape index (κ3) is 7.42. The molecule has 11 heteroatoms. The molecule has 1 N–H and O–H groups in total. The Kier molecular flexibility index (Phi) is 11.1. The summed E-state index contributed by atoms with van der Waals surface area (Å²) in [5.74, 6) is 3.26. The highest BCUT2D eigenvalue weighted by molar-refractivity contribution is 5.93. The van der Waals surface area contributed by atoms with Crippen molar-refractivity contribution in [2.75, 3.05) is 57.5 Å². The number of likely N-dealkylation sites (tertiary alicyclic amines) is 1. The molecule has 3 aromatic rings. The second kappa shape index (κ2) is 15.9. The Morgan fingerprint density at radius 1 is 1.02 bits per heavy atom. The molecular weight excluding hydrogens is 713 g/mol. The molecule has 3 saturated heterocycles. The molecule has 8 rings (SSSR count). The highest BCUT2D eigenvalue weighted by atomic mass is 19.1. The van der Waals surface area contributed by atoms with Crippen LogP contribution in [0.1, 0.15) is 108 Å². The van der Waals surface area contributed by atoms with E-state index in [0.717, 1.165) is 95.6 Å². The maximum atomic E-state index is 15.9. The average Bonchev–Trinajstić information content (AvgIpc) is 3.32. The zero-order valence-corrected chi connectivity index (χ0v) is 33.7. The Labute approximate surface area is 331 Å². The fourth-order valence-corrected chi connectivity index (χ4v) is 10.6. The summed E-state index contributed by atoms with van der Waals surface area (Å²) < 4.78 is 50.0. The van der Waals surface area contributed by atoms with Crippen LogP contribution < -0.4 is 14.4 Å². The van der Waals surface area contributed by atoms with E-state index in [1.807, 2.05) is 0 Å². The number of hydrogen-bond donors (Lipinski definition) is 1. The van der Waals surface area contributed by atoms with Crippen LogP contribution >= 0.6 is 0 Å². The second-order valence-corrected chi connectivity index (χ2v) is 18.1. The number of terminal acetylenes is 1. The molecule has 5 aliphatic rings. The van der Waals surface area contributed by atoms with Gasteiger partial charge in [-0.1, -0.05) is 45.6 Å². The van der Waals surface area contributed by atoms with E-state index in [1.54, 1.807) is 18.2 Å². The van der Waals surface area contributed by atoms with Crippen LogP contribution in [-0.4, -0.2) is 107 Å². The molecule has 302 valence electrons. The predicted molar refractivity (Wildman–Crippen MR) is 215 cm³/mol. The standard InChI is InChI=1S/C45H59F2N5O4/c1-6-36-38(47)16-11-30-21-35(53)23-37(40(30)36)31-22-39-41(55-27-31)42(50-17-9-7-8-10-18-50)49-43(48-39)56-28-45(44(3,4)5)24-32(46)25-52(45)34-14-12-33(13-15-34)51-19-20-54-26-29(51)2/h1,11,16,21,23,29,31-34,53H,7-10,12-15,17-20,22,24-28H2,2-5H3/t29-,31+,32+,33?,34?,45-/m0/s1. The fraction of sp³-hybridized carbons (Fsp3) is 0.644. The number of rotatable bonds is 7. The van der Waals surface area contributed by atoms with Gasteiger partial charge in [-0.05, 0) is 80.0 Å². The summed E-state index contributed by atoms with van der Waals surface area (Å²) in [5, 5.41) is 12.0. The van der Waals surface area contributed by atoms with Crippen molar-refractivity contribution in [1.82, 2.24) is 19.8 Å². The fourth-order valence-electron chi connectivity index (χ4n) is 10.6. The van der Waals surface area contributed by atoms with Crippen LogP contribution in [0.4, 0.5) is 14.6 Å². The van der Waals surface area contributed by atoms with Gasteiger partial charge in [0, 0.05) is 68.5 Å². The molecule has 0 spiro atoms. The molecule has 0 amide bonds. The number of fused-ring (bicyclic) bond motifs is 2. The predicted octanol–water partition coefficient (Wildman–Crippen LogP) is 7.79. The van der Waals surface area contributed by atoms with E-state index in [9.17, 15) is 5.11 Å². The number of aromatic nitrogens is 2. The number of morpholine rings is 1. The minimum Gasteiger partial charge on any atom is -0.508 e. The van der Waals surface area contributed by atoms with Crippen LogP contribution in [0.5, 0.6) is 17.5 Å². The summed E-state index contributed by atoms with van der Waals surface area (Å²) in [5.41, 5.74) is 0.736. The van der Waals surface area contributed by atoms with E-state index >= 15 is 8.78 Å². The van der Waals surface area contributed by atoms with E-state index in [4.69, 9.17) is 30.6 Å². The van der Waals surface area contributed by atoms with Gasteiger partial charge in [-0.3, -0.25) is 9.80 Å². The molecule has 0 unspecified atom stereocenters. The third-order valence-corrected chi connectivity index (χ3v) is 13.7. The number of hydrogen-bond acceptors (Lipinski definition) is 9. The third-order valence-electron chi connectivity index (χ3n) is 13.7. The van der Waals surface area contributed by atoms with Crippen LogP contribution in [0.15, 0.2) is 24.3 Å². The number of nitrogens with zero attached hydrogens (tertiary/aromatic N) is 5. The first-order chi connectivity index (χ1) is 27.0. The number of halogens is 2. The van der Waals surface area contributed by atoms with Crippen molar-refractivity contribution in [3.63, 3.8) is 0 Å². The number of phenolic OH excluding ortho intramolecular Hbond substituents is 1. The zero-order chi connectivity index (χ0) is 39.2. The first-order valence-electron chi connectivity index (χ1n) is 21.0. The van der Waals surface area contributed by atoms with Crippen molar-refractivity contribution in [3.05, 3.63) is 46.9 Å². The first kappa shape index (κ1) is 39.1. The van der Waals surface area contributed by atoms with Crippen LogP contribution in [-0.2, 0) is 11.2 Å². The summed E-state index contributed by atoms with van der Waals surface area (Å²) in [6.07, 6.45) is 14.4. The minimum atomic E-state index is -0.948. The Morgan fingerprint density at radius 3 is 2.48 bits per heavy atom. The molecule has 56 heavy (non-hydrogen) atoms. The Balaban J connectivity index is 1.10. The molecule has 1 aromatic heterocycles. The van der Waals surface area contributed by atoms with Gasteiger partial charge in [-0.2, -0.15) is 9.97 Å². The van der Waals surface area contributed by atoms with Gasteiger partial charge in [0.1, 0.15) is 24.3 Å². The summed E-state index contributed by atoms with van der Waals surface area (Å²) in [6.45, 7) is 14.1. The maximum absolute atomic E-state index is 15.9. The summed E-state index contributed by atoms with van der Waals surface area (Å²) in [6, 6.07) is 7.76. The van der Waals surface area contributed by atoms with Crippen LogP contribution in [0.2, 0.25) is 0 Å². The van der Waals surface area contributed by atoms with Gasteiger partial charge in [-0.25, -0.2) is 8.78 Å². The molecule has 5 heterocycles. The normalized spacial score (nSPS) is 29.4. The van der Waals surface area contributed by atoms with E-state index in [0.29, 0.717) is 60.3 Å². The Morgan fingerprint density at radius 2 is 1.77 bits per heavy atom. The Hall–Kier alpha value is -3.72. The minimum absolute atomic E-state index is 0.0775. The quantitative estimate of drug-likeness (QED) is 0.242. The lowest BCUT2D eigenvalue weighted by Crippen LogP contribution is -2.61. The van der Waals surface area contributed by atoms with Gasteiger partial charge < -0.3 is 24.2 Å². The molecule has 9 nitrogen and oxygen atoms in total. The van der Waals surface area contributed by atoms with Gasteiger partial charge in [0.15, 0.2) is 11.6 Å². The molecule has 4 aliphatic heterocycles. The van der Waals surface area contributed by atoms with E-state index in [1.165, 1.54) is 6.07 Å². The topological polar surface area (TPSA) is 83.4 Å². The number of aromatic hydroxyl groups is 1. The second-order valence-electron chi connectivity index (χ2n) is 18.1. The highest BCUT2D eigenvalue weighted by Gasteiger charge is 2.56. The SMILES string of the molecule is C#Cc1c(F)ccc2cc(O)cc([C@H]3COc4c(nc(OC[C@]5(C(C)(C)C)C[C@@H](F)CN5C5CCC(N6CCOC[C@@H]6C)CC5)nc4N4CCCCCC4)C3)c12. The molecule has 2 aromatic carbocycles. The van der Waals surface area contributed by atoms with Crippen molar-refractivity contribution >= 4 is 16.6 Å². The number of alkyl halides is 1. The van der Waals surface area contributed by atoms with E-state index in [-0.39, 0.29) is 41.3 Å². The first-order valence-corrected chi connectivity index (χ1v) is 21.0. The van der Waals surface area contributed by atoms with Crippen molar-refractivity contribution in [1.29, 1.82) is 0 Å². The highest BCUT2D eigenvalue weighted by Crippen LogP contribution is 2.49. The lowest BCUT2D eigenvalue weighted by Gasteiger charge is -2.52. The van der Waals surface area contributed by atoms with Crippen molar-refractivity contribution in [3.8, 4) is 29.9 Å². The molecule has 4 atom stereocenters. The number of benzene rings is 2. The van der Waals surface area contributed by atoms with Crippen molar-refractivity contribution in [2.24, 2.45) is 5.41 Å². The Bertz CT molecular complexity index is 1930. The summed E-state index contributed by atoms with van der Waals surface area (Å²) in [4.78, 5) is 17.5. The summed E-state index contributed by atoms with van der Waals surface area (Å²) in [7, 11) is 0. The summed E-state index contributed by atoms with van der Waals surface area (Å²) >= 11 is 0. The van der Waals surface area contributed by atoms with E-state index in [2.05, 4.69) is 48.3 Å². The molecular formula is C45H59F2N5O4. The van der Waals surface area contributed by atoms with Gasteiger partial charge >= 0.3 is 6.01 Å². The van der Waals surface area contributed by atoms with Crippen molar-refractivity contribution < 1.29 is 28.1 Å². The lowest BCUT2D eigenvalue weighted by atomic mass is 9.71. The van der Waals surface area contributed by atoms with Gasteiger partial charge in [0.2, 0.25) is 0 Å². The molecule has 0 radical (unpaired) electrons. The number of phenols is 1. The lowest BCUT2D eigenvalue weighted by molar-refractivity contribution is -0.0634. The van der Waals surface area contributed by atoms with Gasteiger partial charge in [-0.15, -0.1) is 6.42 Å². The van der Waals surface area contributed by atoms with Gasteiger partial charge in [0.25, 0.3) is 0 Å². The molecule has 1 saturated carbocycles. The largest absolute Gasteiger partial charge is 0.508 e. The van der Waals surface area contributed by atoms with Crippen LogP contribution in [0, 0.1) is 23.6 Å². The molecule has 1 aliphatic carbocycles. The monoisotopic (exact) mass is 771 g/mol. The molecule has 0 bridgehead atoms. The zero-order valence-electron chi connectivity index (χ0n) is 33.7.